The predicted octanol–water partition coefficient (Wildman–Crippen LogP) is 16.5. The zero-order valence-corrected chi connectivity index (χ0v) is 42.5. The highest BCUT2D eigenvalue weighted by Crippen LogP contribution is 2.41. The summed E-state index contributed by atoms with van der Waals surface area (Å²) in [5, 5.41) is 0. The van der Waals surface area contributed by atoms with Gasteiger partial charge in [-0.2, -0.15) is 0 Å². The Balaban J connectivity index is 1.79. The number of carbonyl (C=O) groups is 4. The van der Waals surface area contributed by atoms with Gasteiger partial charge in [-0.3, -0.25) is 9.59 Å². The fourth-order valence-electron chi connectivity index (χ4n) is 7.83. The maximum absolute atomic E-state index is 13.7. The lowest BCUT2D eigenvalue weighted by molar-refractivity contribution is -0.135. The van der Waals surface area contributed by atoms with Crippen molar-refractivity contribution in [3.05, 3.63) is 71.8 Å². The fraction of sp³-hybridized carbons (Fsp3) is 0.621. The van der Waals surface area contributed by atoms with Gasteiger partial charge >= 0.3 is 23.9 Å². The van der Waals surface area contributed by atoms with E-state index < -0.39 is 23.9 Å². The average molecular weight is 943 g/mol. The lowest BCUT2D eigenvalue weighted by Crippen LogP contribution is -2.15. The third-order valence-electron chi connectivity index (χ3n) is 12.0. The second-order valence-electron chi connectivity index (χ2n) is 18.2. The molecule has 3 aromatic rings. The first-order valence-corrected chi connectivity index (χ1v) is 26.8. The molecule has 0 aromatic heterocycles. The molecule has 0 spiro atoms. The highest BCUT2D eigenvalue weighted by molar-refractivity contribution is 5.93. The van der Waals surface area contributed by atoms with Gasteiger partial charge in [-0.05, 0) is 74.2 Å². The minimum absolute atomic E-state index is 0.136. The number of ether oxygens (including phenoxy) is 6. The van der Waals surface area contributed by atoms with Crippen LogP contribution in [0, 0.1) is 0 Å². The summed E-state index contributed by atoms with van der Waals surface area (Å²) < 4.78 is 35.4. The van der Waals surface area contributed by atoms with Crippen LogP contribution in [-0.4, -0.2) is 37.1 Å². The van der Waals surface area contributed by atoms with E-state index >= 15 is 0 Å². The highest BCUT2D eigenvalue weighted by atomic mass is 16.6. The number of carbonyl (C=O) groups excluding carboxylic acids is 4. The van der Waals surface area contributed by atoms with Crippen molar-refractivity contribution in [3.8, 4) is 34.5 Å². The maximum atomic E-state index is 13.7. The van der Waals surface area contributed by atoms with Crippen molar-refractivity contribution in [2.75, 3.05) is 13.2 Å². The van der Waals surface area contributed by atoms with Crippen molar-refractivity contribution >= 4 is 23.9 Å². The van der Waals surface area contributed by atoms with E-state index in [1.807, 2.05) is 0 Å². The topological polar surface area (TPSA) is 124 Å². The van der Waals surface area contributed by atoms with E-state index in [1.165, 1.54) is 89.2 Å². The normalized spacial score (nSPS) is 11.0. The molecule has 378 valence electrons. The molecule has 0 N–H and O–H groups in total. The molecule has 0 unspecified atom stereocenters. The predicted molar refractivity (Wildman–Crippen MR) is 273 cm³/mol. The van der Waals surface area contributed by atoms with Crippen LogP contribution in [0.4, 0.5) is 0 Å². The largest absolute Gasteiger partial charge is 0.494 e. The second-order valence-corrected chi connectivity index (χ2v) is 18.2. The number of benzene rings is 3. The number of hydrogen-bond donors (Lipinski definition) is 0. The van der Waals surface area contributed by atoms with Gasteiger partial charge in [-0.25, -0.2) is 9.59 Å². The summed E-state index contributed by atoms with van der Waals surface area (Å²) in [6.07, 6.45) is 31.3. The van der Waals surface area contributed by atoms with Crippen LogP contribution in [0.25, 0.3) is 0 Å². The van der Waals surface area contributed by atoms with Gasteiger partial charge in [0.2, 0.25) is 0 Å². The number of esters is 4. The number of unbranched alkanes of at least 4 members (excludes halogenated alkanes) is 24. The number of hydrogen-bond acceptors (Lipinski definition) is 10. The van der Waals surface area contributed by atoms with Crippen molar-refractivity contribution in [2.45, 2.75) is 220 Å². The molecule has 10 nitrogen and oxygen atoms in total. The summed E-state index contributed by atoms with van der Waals surface area (Å²) in [5.74, 6) is -1.89. The van der Waals surface area contributed by atoms with Crippen LogP contribution < -0.4 is 28.4 Å². The van der Waals surface area contributed by atoms with Crippen LogP contribution in [0.5, 0.6) is 34.5 Å². The molecule has 68 heavy (non-hydrogen) atoms. The molecule has 0 amide bonds. The van der Waals surface area contributed by atoms with Gasteiger partial charge in [0.1, 0.15) is 11.5 Å². The molecular weight excluding hydrogens is 857 g/mol. The fourth-order valence-corrected chi connectivity index (χ4v) is 7.83. The molecule has 0 heterocycles. The lowest BCUT2D eigenvalue weighted by Gasteiger charge is -2.16. The van der Waals surface area contributed by atoms with Crippen LogP contribution in [0.2, 0.25) is 0 Å². The summed E-state index contributed by atoms with van der Waals surface area (Å²) in [7, 11) is 0. The summed E-state index contributed by atoms with van der Waals surface area (Å²) in [6, 6.07) is 15.9. The Bertz CT molecular complexity index is 1690. The Morgan fingerprint density at radius 1 is 0.324 bits per heavy atom. The molecule has 3 aromatic carbocycles. The van der Waals surface area contributed by atoms with Crippen molar-refractivity contribution in [1.82, 2.24) is 0 Å². The maximum Gasteiger partial charge on any atom is 0.343 e. The molecule has 0 aliphatic heterocycles. The van der Waals surface area contributed by atoms with Crippen LogP contribution in [-0.2, 0) is 9.59 Å². The van der Waals surface area contributed by atoms with E-state index in [0.29, 0.717) is 37.6 Å². The molecule has 0 aliphatic carbocycles. The van der Waals surface area contributed by atoms with E-state index in [9.17, 15) is 19.2 Å². The molecule has 10 heteroatoms. The smallest absolute Gasteiger partial charge is 0.343 e. The van der Waals surface area contributed by atoms with E-state index in [4.69, 9.17) is 28.4 Å². The standard InChI is InChI=1S/C58H86O10/c1-5-9-13-17-21-23-27-31-43-63-49-39-35-47(36-40-49)57(61)67-53-45-52(66-56(60)34-30-26-20-16-12-8-4)54(46-51(53)65-55(59)33-29-25-19-15-11-7-3)68-58(62)48-37-41-50(42-38-48)64-44-32-28-24-22-18-14-10-6-2/h35-42,45-46H,5-34,43-44H2,1-4H3. The minimum atomic E-state index is -0.730. The van der Waals surface area contributed by atoms with E-state index in [1.54, 1.807) is 48.5 Å². The van der Waals surface area contributed by atoms with E-state index in [2.05, 4.69) is 27.7 Å². The monoisotopic (exact) mass is 943 g/mol. The first-order valence-electron chi connectivity index (χ1n) is 26.8. The quantitative estimate of drug-likeness (QED) is 0.0309. The molecule has 0 bridgehead atoms. The van der Waals surface area contributed by atoms with Crippen LogP contribution >= 0.6 is 0 Å². The Hall–Kier alpha value is -4.86. The molecular formula is C58H86O10. The Labute approximate surface area is 409 Å². The van der Waals surface area contributed by atoms with Gasteiger partial charge in [-0.15, -0.1) is 0 Å². The first-order chi connectivity index (χ1) is 33.3. The van der Waals surface area contributed by atoms with Crippen molar-refractivity contribution in [2.24, 2.45) is 0 Å². The summed E-state index contributed by atoms with van der Waals surface area (Å²) in [5.41, 5.74) is 0.465. The molecule has 0 saturated heterocycles. The molecule has 0 aliphatic rings. The van der Waals surface area contributed by atoms with Crippen LogP contribution in [0.3, 0.4) is 0 Å². The average Bonchev–Trinajstić information content (AvgIpc) is 3.34. The van der Waals surface area contributed by atoms with Gasteiger partial charge in [0.15, 0.2) is 23.0 Å². The SMILES string of the molecule is CCCCCCCCCCOc1ccc(C(=O)Oc2cc(OC(=O)CCCCCCCC)c(OC(=O)c3ccc(OCCCCCCCCCC)cc3)cc2OC(=O)CCCCCCCC)cc1. The Morgan fingerprint density at radius 2 is 0.588 bits per heavy atom. The zero-order chi connectivity index (χ0) is 48.9. The van der Waals surface area contributed by atoms with Gasteiger partial charge in [0.25, 0.3) is 0 Å². The van der Waals surface area contributed by atoms with Crippen LogP contribution in [0.1, 0.15) is 241 Å². The van der Waals surface area contributed by atoms with E-state index in [-0.39, 0.29) is 47.0 Å². The minimum Gasteiger partial charge on any atom is -0.494 e. The zero-order valence-electron chi connectivity index (χ0n) is 42.5. The highest BCUT2D eigenvalue weighted by Gasteiger charge is 2.24. The third-order valence-corrected chi connectivity index (χ3v) is 12.0. The van der Waals surface area contributed by atoms with Crippen LogP contribution in [0.15, 0.2) is 60.7 Å². The van der Waals surface area contributed by atoms with Gasteiger partial charge < -0.3 is 28.4 Å². The number of rotatable bonds is 40. The van der Waals surface area contributed by atoms with Gasteiger partial charge in [0, 0.05) is 25.0 Å². The van der Waals surface area contributed by atoms with E-state index in [0.717, 1.165) is 89.9 Å². The summed E-state index contributed by atoms with van der Waals surface area (Å²) >= 11 is 0. The second kappa shape index (κ2) is 37.1. The molecule has 3 rings (SSSR count). The summed E-state index contributed by atoms with van der Waals surface area (Å²) in [4.78, 5) is 54.0. The molecule has 0 fully saturated rings. The Morgan fingerprint density at radius 3 is 0.897 bits per heavy atom. The molecule has 0 saturated carbocycles. The first kappa shape index (κ1) is 57.5. The summed E-state index contributed by atoms with van der Waals surface area (Å²) in [6.45, 7) is 9.93. The third kappa shape index (κ3) is 25.5. The van der Waals surface area contributed by atoms with Gasteiger partial charge in [0.05, 0.1) is 24.3 Å². The molecule has 0 atom stereocenters. The van der Waals surface area contributed by atoms with Crippen molar-refractivity contribution in [1.29, 1.82) is 0 Å². The lowest BCUT2D eigenvalue weighted by atomic mass is 10.1. The van der Waals surface area contributed by atoms with Crippen molar-refractivity contribution in [3.63, 3.8) is 0 Å². The van der Waals surface area contributed by atoms with Crippen molar-refractivity contribution < 1.29 is 47.6 Å². The molecule has 0 radical (unpaired) electrons. The Kier molecular flexibility index (Phi) is 31.3. The van der Waals surface area contributed by atoms with Gasteiger partial charge in [-0.1, -0.05) is 182 Å².